The molecule has 4 rings (SSSR count). The second-order valence-corrected chi connectivity index (χ2v) is 11.7. The van der Waals surface area contributed by atoms with E-state index in [0.717, 1.165) is 38.0 Å². The van der Waals surface area contributed by atoms with Crippen molar-refractivity contribution in [2.45, 2.75) is 43.8 Å². The zero-order valence-corrected chi connectivity index (χ0v) is 24.5. The molecular formula is C30H38ClF3N4O3. The molecule has 2 N–H and O–H groups in total. The number of alkyl halides is 3. The molecule has 2 saturated heterocycles. The highest BCUT2D eigenvalue weighted by molar-refractivity contribution is 6.34. The van der Waals surface area contributed by atoms with Gasteiger partial charge in [0, 0.05) is 46.0 Å². The Morgan fingerprint density at radius 1 is 1.00 bits per heavy atom. The quantitative estimate of drug-likeness (QED) is 0.470. The summed E-state index contributed by atoms with van der Waals surface area (Å²) in [6.07, 6.45) is -0.705. The molecule has 0 spiro atoms. The number of carbonyl (C=O) groups is 2. The van der Waals surface area contributed by atoms with E-state index in [1.165, 1.54) is 41.2 Å². The number of carbonyl (C=O) groups excluding carboxylic acids is 2. The zero-order valence-electron chi connectivity index (χ0n) is 23.7. The molecule has 0 radical (unpaired) electrons. The molecule has 41 heavy (non-hydrogen) atoms. The molecule has 0 aliphatic carbocycles. The summed E-state index contributed by atoms with van der Waals surface area (Å²) in [7, 11) is 4.73. The third-order valence-electron chi connectivity index (χ3n) is 8.45. The Morgan fingerprint density at radius 3 is 2.15 bits per heavy atom. The maximum atomic E-state index is 14.2. The monoisotopic (exact) mass is 594 g/mol. The third-order valence-corrected chi connectivity index (χ3v) is 8.76. The van der Waals surface area contributed by atoms with Gasteiger partial charge in [0.05, 0.1) is 17.7 Å². The molecule has 2 aliphatic heterocycles. The maximum Gasteiger partial charge on any atom is 0.419 e. The van der Waals surface area contributed by atoms with Crippen molar-refractivity contribution in [1.82, 2.24) is 9.80 Å². The number of nitrogens with zero attached hydrogens (tertiary/aromatic N) is 3. The van der Waals surface area contributed by atoms with Crippen molar-refractivity contribution in [3.05, 3.63) is 58.6 Å². The highest BCUT2D eigenvalue weighted by Crippen LogP contribution is 2.41. The first kappa shape index (κ1) is 31.0. The van der Waals surface area contributed by atoms with Crippen molar-refractivity contribution < 1.29 is 27.5 Å². The Kier molecular flexibility index (Phi) is 9.43. The molecule has 1 atom stereocenters. The number of anilines is 1. The van der Waals surface area contributed by atoms with Gasteiger partial charge in [0.1, 0.15) is 5.75 Å². The van der Waals surface area contributed by atoms with Crippen LogP contribution in [0.2, 0.25) is 5.02 Å². The predicted octanol–water partition coefficient (Wildman–Crippen LogP) is 5.31. The first-order chi connectivity index (χ1) is 19.3. The van der Waals surface area contributed by atoms with E-state index < -0.39 is 17.6 Å². The van der Waals surface area contributed by atoms with Gasteiger partial charge in [0.15, 0.2) is 0 Å². The lowest BCUT2D eigenvalue weighted by Crippen LogP contribution is -2.62. The minimum Gasteiger partial charge on any atom is -0.497 e. The van der Waals surface area contributed by atoms with Crippen LogP contribution in [0, 0.1) is 11.8 Å². The second-order valence-electron chi connectivity index (χ2n) is 11.3. The number of rotatable bonds is 7. The smallest absolute Gasteiger partial charge is 0.419 e. The Hall–Kier alpha value is -2.98. The number of likely N-dealkylation sites (tertiary alicyclic amines) is 1. The number of halogens is 4. The normalized spacial score (nSPS) is 18.6. The molecule has 2 aromatic carbocycles. The van der Waals surface area contributed by atoms with E-state index in [2.05, 4.69) is 4.90 Å². The summed E-state index contributed by atoms with van der Waals surface area (Å²) in [5.41, 5.74) is 3.88. The molecule has 2 aromatic rings. The Balaban J connectivity index is 1.31. The van der Waals surface area contributed by atoms with Gasteiger partial charge in [-0.15, -0.1) is 0 Å². The number of methoxy groups -OCH3 is 1. The average molecular weight is 595 g/mol. The average Bonchev–Trinajstić information content (AvgIpc) is 2.96. The zero-order chi connectivity index (χ0) is 29.9. The standard InChI is InChI=1S/C30H38ClF3N4O3/c1-36(2)27(39)25-8-7-23(19-26(25)31)37-13-9-20(10-14-37)17-21-11-15-38(16-12-21)28(40)29(35,30(32,33)34)22-5-4-6-24(18-22)41-3/h4-8,18-21H,9-17,35H2,1-3H3. The van der Waals surface area contributed by atoms with Crippen LogP contribution < -0.4 is 15.4 Å². The number of amides is 2. The van der Waals surface area contributed by atoms with Gasteiger partial charge in [-0.2, -0.15) is 13.2 Å². The Morgan fingerprint density at radius 2 is 1.61 bits per heavy atom. The van der Waals surface area contributed by atoms with Gasteiger partial charge >= 0.3 is 6.18 Å². The molecule has 1 unspecified atom stereocenters. The summed E-state index contributed by atoms with van der Waals surface area (Å²) in [4.78, 5) is 30.6. The Labute approximate surface area is 244 Å². The van der Waals surface area contributed by atoms with Crippen molar-refractivity contribution in [3.8, 4) is 5.75 Å². The topological polar surface area (TPSA) is 79.1 Å². The van der Waals surface area contributed by atoms with E-state index in [4.69, 9.17) is 22.1 Å². The number of nitrogens with two attached hydrogens (primary N) is 1. The lowest BCUT2D eigenvalue weighted by atomic mass is 9.81. The molecule has 2 aliphatic rings. The van der Waals surface area contributed by atoms with Gasteiger partial charge in [-0.1, -0.05) is 23.7 Å². The summed E-state index contributed by atoms with van der Waals surface area (Å²) in [6, 6.07) is 10.9. The summed E-state index contributed by atoms with van der Waals surface area (Å²) in [6.45, 7) is 2.22. The third kappa shape index (κ3) is 6.59. The minimum absolute atomic E-state index is 0.135. The second kappa shape index (κ2) is 12.5. The molecular weight excluding hydrogens is 557 g/mol. The molecule has 7 nitrogen and oxygen atoms in total. The highest BCUT2D eigenvalue weighted by Gasteiger charge is 2.60. The van der Waals surface area contributed by atoms with E-state index in [1.807, 2.05) is 12.1 Å². The fourth-order valence-electron chi connectivity index (χ4n) is 5.91. The summed E-state index contributed by atoms with van der Waals surface area (Å²) >= 11 is 6.40. The van der Waals surface area contributed by atoms with Crippen LogP contribution in [0.4, 0.5) is 18.9 Å². The van der Waals surface area contributed by atoms with E-state index in [1.54, 1.807) is 20.2 Å². The number of hydrogen-bond acceptors (Lipinski definition) is 5. The van der Waals surface area contributed by atoms with Crippen molar-refractivity contribution >= 4 is 29.1 Å². The van der Waals surface area contributed by atoms with E-state index >= 15 is 0 Å². The van der Waals surface area contributed by atoms with Crippen LogP contribution in [-0.4, -0.2) is 75.2 Å². The van der Waals surface area contributed by atoms with Gasteiger partial charge in [-0.25, -0.2) is 0 Å². The summed E-state index contributed by atoms with van der Waals surface area (Å²) < 4.78 is 47.8. The van der Waals surface area contributed by atoms with Crippen LogP contribution in [0.1, 0.15) is 48.0 Å². The van der Waals surface area contributed by atoms with Crippen LogP contribution in [0.5, 0.6) is 5.75 Å². The van der Waals surface area contributed by atoms with Gasteiger partial charge < -0.3 is 25.2 Å². The minimum atomic E-state index is -4.96. The maximum absolute atomic E-state index is 14.2. The molecule has 2 heterocycles. The van der Waals surface area contributed by atoms with Gasteiger partial charge in [0.2, 0.25) is 5.54 Å². The van der Waals surface area contributed by atoms with Gasteiger partial charge in [-0.05, 0) is 79.8 Å². The van der Waals surface area contributed by atoms with E-state index in [9.17, 15) is 22.8 Å². The molecule has 2 amide bonds. The van der Waals surface area contributed by atoms with Crippen LogP contribution in [0.25, 0.3) is 0 Å². The number of piperidine rings is 2. The Bertz CT molecular complexity index is 1240. The van der Waals surface area contributed by atoms with Crippen molar-refractivity contribution in [3.63, 3.8) is 0 Å². The van der Waals surface area contributed by atoms with E-state index in [0.29, 0.717) is 35.3 Å². The summed E-state index contributed by atoms with van der Waals surface area (Å²) in [5.74, 6) is -0.204. The van der Waals surface area contributed by atoms with Crippen LogP contribution in [0.3, 0.4) is 0 Å². The lowest BCUT2D eigenvalue weighted by Gasteiger charge is -2.40. The van der Waals surface area contributed by atoms with Crippen LogP contribution in [0.15, 0.2) is 42.5 Å². The first-order valence-corrected chi connectivity index (χ1v) is 14.3. The predicted molar refractivity (Wildman–Crippen MR) is 153 cm³/mol. The van der Waals surface area contributed by atoms with Crippen LogP contribution in [-0.2, 0) is 10.3 Å². The van der Waals surface area contributed by atoms with Gasteiger partial charge in [0.25, 0.3) is 11.8 Å². The lowest BCUT2D eigenvalue weighted by molar-refractivity contribution is -0.201. The fourth-order valence-corrected chi connectivity index (χ4v) is 6.17. The fraction of sp³-hybridized carbons (Fsp3) is 0.533. The van der Waals surface area contributed by atoms with E-state index in [-0.39, 0.29) is 30.3 Å². The molecule has 2 fully saturated rings. The van der Waals surface area contributed by atoms with Crippen LogP contribution >= 0.6 is 11.6 Å². The first-order valence-electron chi connectivity index (χ1n) is 13.9. The molecule has 224 valence electrons. The number of benzene rings is 2. The van der Waals surface area contributed by atoms with Crippen molar-refractivity contribution in [2.75, 3.05) is 52.3 Å². The number of hydrogen-bond donors (Lipinski definition) is 1. The molecule has 0 aromatic heterocycles. The largest absolute Gasteiger partial charge is 0.497 e. The SMILES string of the molecule is COc1cccc(C(N)(C(=O)N2CCC(CC3CCN(c4ccc(C(=O)N(C)C)c(Cl)c4)CC3)CC2)C(F)(F)F)c1. The van der Waals surface area contributed by atoms with Gasteiger partial charge in [-0.3, -0.25) is 9.59 Å². The number of ether oxygens (including phenoxy) is 1. The van der Waals surface area contributed by atoms with Crippen molar-refractivity contribution in [1.29, 1.82) is 0 Å². The highest BCUT2D eigenvalue weighted by atomic mass is 35.5. The molecule has 0 saturated carbocycles. The molecule has 0 bridgehead atoms. The molecule has 11 heteroatoms. The van der Waals surface area contributed by atoms with Crippen molar-refractivity contribution in [2.24, 2.45) is 17.6 Å². The summed E-state index contributed by atoms with van der Waals surface area (Å²) in [5, 5.41) is 0.433.